The van der Waals surface area contributed by atoms with Gasteiger partial charge in [-0.25, -0.2) is 8.42 Å². The van der Waals surface area contributed by atoms with Gasteiger partial charge in [0.15, 0.2) is 0 Å². The molecule has 0 aliphatic carbocycles. The zero-order valence-electron chi connectivity index (χ0n) is 13.4. The van der Waals surface area contributed by atoms with Crippen molar-refractivity contribution in [2.75, 3.05) is 23.7 Å². The van der Waals surface area contributed by atoms with Gasteiger partial charge in [0.05, 0.1) is 18.5 Å². The van der Waals surface area contributed by atoms with Crippen LogP contribution in [0.3, 0.4) is 0 Å². The Morgan fingerprint density at radius 1 is 1.27 bits per heavy atom. The van der Waals surface area contributed by atoms with E-state index in [1.807, 2.05) is 18.2 Å². The predicted molar refractivity (Wildman–Crippen MR) is 88.1 cm³/mol. The minimum Gasteiger partial charge on any atom is -0.336 e. The quantitative estimate of drug-likeness (QED) is 0.853. The fourth-order valence-electron chi connectivity index (χ4n) is 2.63. The molecule has 122 valence electrons. The van der Waals surface area contributed by atoms with Gasteiger partial charge in [-0.3, -0.25) is 9.10 Å². The number of benzene rings is 1. The molecule has 0 fully saturated rings. The van der Waals surface area contributed by atoms with Crippen LogP contribution in [0.4, 0.5) is 5.69 Å². The number of sulfonamides is 1. The van der Waals surface area contributed by atoms with E-state index in [2.05, 4.69) is 13.8 Å². The monoisotopic (exact) mass is 324 g/mol. The van der Waals surface area contributed by atoms with Crippen molar-refractivity contribution in [1.29, 1.82) is 0 Å². The molecule has 22 heavy (non-hydrogen) atoms. The molecule has 1 heterocycles. The first-order valence-corrected chi connectivity index (χ1v) is 9.51. The van der Waals surface area contributed by atoms with Crippen LogP contribution in [0.5, 0.6) is 0 Å². The smallest absolute Gasteiger partial charge is 0.232 e. The van der Waals surface area contributed by atoms with Crippen molar-refractivity contribution in [2.24, 2.45) is 5.92 Å². The Kier molecular flexibility index (Phi) is 5.11. The van der Waals surface area contributed by atoms with Gasteiger partial charge >= 0.3 is 0 Å². The minimum absolute atomic E-state index is 0.0968. The molecule has 0 aromatic heterocycles. The fraction of sp³-hybridized carbons (Fsp3) is 0.562. The van der Waals surface area contributed by atoms with Gasteiger partial charge in [-0.15, -0.1) is 0 Å². The largest absolute Gasteiger partial charge is 0.336 e. The van der Waals surface area contributed by atoms with Gasteiger partial charge in [-0.1, -0.05) is 38.5 Å². The number of anilines is 1. The van der Waals surface area contributed by atoms with Crippen LogP contribution in [0.1, 0.15) is 32.3 Å². The lowest BCUT2D eigenvalue weighted by atomic mass is 10.0. The lowest BCUT2D eigenvalue weighted by Crippen LogP contribution is -2.37. The summed E-state index contributed by atoms with van der Waals surface area (Å²) in [5, 5.41) is 0. The standard InChI is InChI=1S/C16H24N2O3S/c1-4-13(2)11-16(19)17-9-10-18(22(3,20)21)15-8-6-5-7-14(15)12-17/h5-8,13H,4,9-12H2,1-3H3/t13-/m0/s1. The van der Waals surface area contributed by atoms with Crippen molar-refractivity contribution in [3.63, 3.8) is 0 Å². The molecule has 1 amide bonds. The van der Waals surface area contributed by atoms with E-state index in [1.54, 1.807) is 11.0 Å². The van der Waals surface area contributed by atoms with E-state index in [4.69, 9.17) is 0 Å². The summed E-state index contributed by atoms with van der Waals surface area (Å²) in [6.07, 6.45) is 2.68. The molecule has 5 nitrogen and oxygen atoms in total. The highest BCUT2D eigenvalue weighted by Gasteiger charge is 2.27. The summed E-state index contributed by atoms with van der Waals surface area (Å²) in [7, 11) is -3.34. The summed E-state index contributed by atoms with van der Waals surface area (Å²) in [6, 6.07) is 7.40. The molecule has 1 aromatic rings. The molecular formula is C16H24N2O3S. The van der Waals surface area contributed by atoms with E-state index in [0.29, 0.717) is 37.7 Å². The molecule has 1 aliphatic rings. The summed E-state index contributed by atoms with van der Waals surface area (Å²) in [5.74, 6) is 0.441. The van der Waals surface area contributed by atoms with Crippen LogP contribution < -0.4 is 4.31 Å². The van der Waals surface area contributed by atoms with Gasteiger partial charge in [0.25, 0.3) is 0 Å². The van der Waals surface area contributed by atoms with Crippen LogP contribution in [0, 0.1) is 5.92 Å². The first-order chi connectivity index (χ1) is 10.3. The number of hydrogen-bond acceptors (Lipinski definition) is 3. The number of rotatable bonds is 4. The molecule has 6 heteroatoms. The zero-order valence-corrected chi connectivity index (χ0v) is 14.3. The highest BCUT2D eigenvalue weighted by Crippen LogP contribution is 2.27. The number of fused-ring (bicyclic) bond motifs is 1. The third-order valence-corrected chi connectivity index (χ3v) is 5.35. The second-order valence-corrected chi connectivity index (χ2v) is 7.90. The zero-order chi connectivity index (χ0) is 16.3. The first-order valence-electron chi connectivity index (χ1n) is 7.66. The molecular weight excluding hydrogens is 300 g/mol. The highest BCUT2D eigenvalue weighted by molar-refractivity contribution is 7.92. The molecule has 1 atom stereocenters. The molecule has 0 saturated carbocycles. The molecule has 0 radical (unpaired) electrons. The number of carbonyl (C=O) groups excluding carboxylic acids is 1. The van der Waals surface area contributed by atoms with E-state index >= 15 is 0 Å². The molecule has 1 aliphatic heterocycles. The van der Waals surface area contributed by atoms with Crippen molar-refractivity contribution in [3.8, 4) is 0 Å². The summed E-state index contributed by atoms with van der Waals surface area (Å²) in [6.45, 7) is 5.34. The van der Waals surface area contributed by atoms with E-state index in [-0.39, 0.29) is 5.91 Å². The highest BCUT2D eigenvalue weighted by atomic mass is 32.2. The minimum atomic E-state index is -3.34. The van der Waals surface area contributed by atoms with Gasteiger partial charge in [0.1, 0.15) is 0 Å². The number of hydrogen-bond donors (Lipinski definition) is 0. The third kappa shape index (κ3) is 3.80. The van der Waals surface area contributed by atoms with E-state index < -0.39 is 10.0 Å². The lowest BCUT2D eigenvalue weighted by Gasteiger charge is -2.23. The lowest BCUT2D eigenvalue weighted by molar-refractivity contribution is -0.132. The Hall–Kier alpha value is -1.56. The molecule has 0 N–H and O–H groups in total. The summed E-state index contributed by atoms with van der Waals surface area (Å²) < 4.78 is 25.5. The molecule has 0 saturated heterocycles. The number of para-hydroxylation sites is 1. The number of nitrogens with zero attached hydrogens (tertiary/aromatic N) is 2. The summed E-state index contributed by atoms with van der Waals surface area (Å²) >= 11 is 0. The predicted octanol–water partition coefficient (Wildman–Crippen LogP) is 2.23. The topological polar surface area (TPSA) is 57.7 Å². The Labute approximate surface area is 133 Å². The van der Waals surface area contributed by atoms with Gasteiger partial charge in [0.2, 0.25) is 15.9 Å². The van der Waals surface area contributed by atoms with Gasteiger partial charge in [-0.2, -0.15) is 0 Å². The molecule has 0 bridgehead atoms. The molecule has 0 unspecified atom stereocenters. The van der Waals surface area contributed by atoms with Crippen molar-refractivity contribution >= 4 is 21.6 Å². The Bertz CT molecular complexity index is 643. The van der Waals surface area contributed by atoms with Gasteiger partial charge < -0.3 is 4.90 Å². The van der Waals surface area contributed by atoms with Gasteiger partial charge in [-0.05, 0) is 17.5 Å². The van der Waals surface area contributed by atoms with Crippen molar-refractivity contribution < 1.29 is 13.2 Å². The van der Waals surface area contributed by atoms with Crippen LogP contribution in [0.2, 0.25) is 0 Å². The van der Waals surface area contributed by atoms with Crippen LogP contribution in [0.15, 0.2) is 24.3 Å². The molecule has 1 aromatic carbocycles. The first kappa shape index (κ1) is 16.8. The Morgan fingerprint density at radius 3 is 2.59 bits per heavy atom. The fourth-order valence-corrected chi connectivity index (χ4v) is 3.58. The van der Waals surface area contributed by atoms with Crippen LogP contribution >= 0.6 is 0 Å². The summed E-state index contributed by atoms with van der Waals surface area (Å²) in [4.78, 5) is 14.2. The van der Waals surface area contributed by atoms with Crippen molar-refractivity contribution in [2.45, 2.75) is 33.2 Å². The van der Waals surface area contributed by atoms with Gasteiger partial charge in [0, 0.05) is 19.5 Å². The SMILES string of the molecule is CC[C@H](C)CC(=O)N1CCN(S(C)(=O)=O)c2ccccc2C1. The molecule has 2 rings (SSSR count). The summed E-state index contributed by atoms with van der Waals surface area (Å²) in [5.41, 5.74) is 1.56. The molecule has 0 spiro atoms. The maximum Gasteiger partial charge on any atom is 0.232 e. The second kappa shape index (κ2) is 6.69. The van der Waals surface area contributed by atoms with E-state index in [9.17, 15) is 13.2 Å². The normalized spacial score (nSPS) is 16.9. The van der Waals surface area contributed by atoms with Crippen molar-refractivity contribution in [1.82, 2.24) is 4.90 Å². The van der Waals surface area contributed by atoms with Crippen LogP contribution in [-0.4, -0.2) is 38.6 Å². The van der Waals surface area contributed by atoms with Crippen LogP contribution in [-0.2, 0) is 21.4 Å². The Morgan fingerprint density at radius 2 is 1.95 bits per heavy atom. The van der Waals surface area contributed by atoms with Crippen molar-refractivity contribution in [3.05, 3.63) is 29.8 Å². The number of amides is 1. The third-order valence-electron chi connectivity index (χ3n) is 4.17. The van der Waals surface area contributed by atoms with E-state index in [0.717, 1.165) is 12.0 Å². The average Bonchev–Trinajstić information content (AvgIpc) is 2.66. The van der Waals surface area contributed by atoms with E-state index in [1.165, 1.54) is 10.6 Å². The average molecular weight is 324 g/mol. The number of carbonyl (C=O) groups is 1. The Balaban J connectivity index is 2.28. The maximum atomic E-state index is 12.4. The maximum absolute atomic E-state index is 12.4. The second-order valence-electron chi connectivity index (χ2n) is 6.00. The van der Waals surface area contributed by atoms with Crippen LogP contribution in [0.25, 0.3) is 0 Å².